The van der Waals surface area contributed by atoms with Gasteiger partial charge in [0.05, 0.1) is 6.04 Å². The predicted octanol–water partition coefficient (Wildman–Crippen LogP) is 1.43. The van der Waals surface area contributed by atoms with Gasteiger partial charge < -0.3 is 10.6 Å². The van der Waals surface area contributed by atoms with E-state index in [1.54, 1.807) is 0 Å². The Hall–Kier alpha value is -0.0300. The third-order valence-corrected chi connectivity index (χ3v) is 3.08. The highest BCUT2D eigenvalue weighted by molar-refractivity contribution is 5.85. The molecular weight excluding hydrogens is 273 g/mol. The number of hydrogen-bond acceptors (Lipinski definition) is 3. The second-order valence-electron chi connectivity index (χ2n) is 4.44. The maximum absolute atomic E-state index is 11.9. The summed E-state index contributed by atoms with van der Waals surface area (Å²) in [4.78, 5) is 14.2. The number of carbonyl (C=O) groups is 1. The molecule has 1 aliphatic rings. The molecule has 18 heavy (non-hydrogen) atoms. The van der Waals surface area contributed by atoms with Crippen molar-refractivity contribution < 1.29 is 4.79 Å². The highest BCUT2D eigenvalue weighted by atomic mass is 35.5. The first-order chi connectivity index (χ1) is 7.79. The number of halogens is 2. The SMILES string of the molecule is CCCN1CCCC1C(=O)NCCCNC.Cl.Cl. The van der Waals surface area contributed by atoms with Crippen LogP contribution in [0.5, 0.6) is 0 Å². The fourth-order valence-corrected chi connectivity index (χ4v) is 2.27. The molecule has 1 unspecified atom stereocenters. The second-order valence-corrected chi connectivity index (χ2v) is 4.44. The van der Waals surface area contributed by atoms with Crippen LogP contribution in [0, 0.1) is 0 Å². The van der Waals surface area contributed by atoms with Gasteiger partial charge in [0.2, 0.25) is 5.91 Å². The molecule has 2 N–H and O–H groups in total. The van der Waals surface area contributed by atoms with E-state index in [1.807, 2.05) is 7.05 Å². The molecule has 0 aromatic rings. The van der Waals surface area contributed by atoms with Crippen LogP contribution in [-0.4, -0.2) is 50.1 Å². The fraction of sp³-hybridized carbons (Fsp3) is 0.917. The average molecular weight is 300 g/mol. The summed E-state index contributed by atoms with van der Waals surface area (Å²) in [5.41, 5.74) is 0. The maximum Gasteiger partial charge on any atom is 0.237 e. The van der Waals surface area contributed by atoms with Crippen molar-refractivity contribution in [3.05, 3.63) is 0 Å². The van der Waals surface area contributed by atoms with E-state index in [0.29, 0.717) is 0 Å². The standard InChI is InChI=1S/C12H25N3O.2ClH/c1-3-9-15-10-4-6-11(15)12(16)14-8-5-7-13-2;;/h11,13H,3-10H2,1-2H3,(H,14,16);2*1H. The summed E-state index contributed by atoms with van der Waals surface area (Å²) in [6.07, 6.45) is 4.32. The largest absolute Gasteiger partial charge is 0.355 e. The number of likely N-dealkylation sites (tertiary alicyclic amines) is 1. The Morgan fingerprint density at radius 3 is 2.67 bits per heavy atom. The minimum absolute atomic E-state index is 0. The first-order valence-corrected chi connectivity index (χ1v) is 6.46. The van der Waals surface area contributed by atoms with Crippen LogP contribution in [0.4, 0.5) is 0 Å². The molecule has 1 aliphatic heterocycles. The molecule has 1 saturated heterocycles. The zero-order valence-corrected chi connectivity index (χ0v) is 13.0. The van der Waals surface area contributed by atoms with Gasteiger partial charge in [-0.1, -0.05) is 6.92 Å². The van der Waals surface area contributed by atoms with E-state index in [2.05, 4.69) is 22.5 Å². The molecule has 1 fully saturated rings. The van der Waals surface area contributed by atoms with Crippen LogP contribution in [-0.2, 0) is 4.79 Å². The molecule has 4 nitrogen and oxygen atoms in total. The number of amides is 1. The van der Waals surface area contributed by atoms with Crippen LogP contribution < -0.4 is 10.6 Å². The molecule has 1 heterocycles. The molecule has 0 saturated carbocycles. The minimum atomic E-state index is 0. The molecule has 0 bridgehead atoms. The molecule has 1 atom stereocenters. The van der Waals surface area contributed by atoms with Gasteiger partial charge in [-0.05, 0) is 52.4 Å². The Balaban J connectivity index is 0. The van der Waals surface area contributed by atoms with Gasteiger partial charge in [0.15, 0.2) is 0 Å². The molecule has 110 valence electrons. The van der Waals surface area contributed by atoms with Crippen molar-refractivity contribution in [1.29, 1.82) is 0 Å². The smallest absolute Gasteiger partial charge is 0.237 e. The van der Waals surface area contributed by atoms with Crippen LogP contribution in [0.1, 0.15) is 32.6 Å². The van der Waals surface area contributed by atoms with E-state index in [9.17, 15) is 4.79 Å². The Labute approximate surface area is 123 Å². The zero-order chi connectivity index (χ0) is 11.8. The predicted molar refractivity (Wildman–Crippen MR) is 80.9 cm³/mol. The van der Waals surface area contributed by atoms with Gasteiger partial charge in [0, 0.05) is 6.54 Å². The Morgan fingerprint density at radius 2 is 2.06 bits per heavy atom. The first-order valence-electron chi connectivity index (χ1n) is 6.46. The summed E-state index contributed by atoms with van der Waals surface area (Å²) in [6.45, 7) is 6.05. The van der Waals surface area contributed by atoms with Gasteiger partial charge in [0.25, 0.3) is 0 Å². The summed E-state index contributed by atoms with van der Waals surface area (Å²) in [7, 11) is 1.93. The molecule has 6 heteroatoms. The van der Waals surface area contributed by atoms with E-state index < -0.39 is 0 Å². The van der Waals surface area contributed by atoms with Crippen molar-refractivity contribution in [2.75, 3.05) is 33.2 Å². The molecule has 0 radical (unpaired) electrons. The van der Waals surface area contributed by atoms with E-state index >= 15 is 0 Å². The number of nitrogens with zero attached hydrogens (tertiary/aromatic N) is 1. The maximum atomic E-state index is 11.9. The summed E-state index contributed by atoms with van der Waals surface area (Å²) >= 11 is 0. The molecular formula is C12H27Cl2N3O. The van der Waals surface area contributed by atoms with Crippen molar-refractivity contribution in [2.24, 2.45) is 0 Å². The highest BCUT2D eigenvalue weighted by Gasteiger charge is 2.29. The van der Waals surface area contributed by atoms with E-state index in [-0.39, 0.29) is 36.8 Å². The van der Waals surface area contributed by atoms with Crippen LogP contribution in [0.15, 0.2) is 0 Å². The fourth-order valence-electron chi connectivity index (χ4n) is 2.27. The second kappa shape index (κ2) is 12.0. The zero-order valence-electron chi connectivity index (χ0n) is 11.4. The third-order valence-electron chi connectivity index (χ3n) is 3.08. The van der Waals surface area contributed by atoms with Gasteiger partial charge in [-0.3, -0.25) is 9.69 Å². The third kappa shape index (κ3) is 6.78. The Bertz CT molecular complexity index is 217. The average Bonchev–Trinajstić information content (AvgIpc) is 2.73. The lowest BCUT2D eigenvalue weighted by Crippen LogP contribution is -2.44. The lowest BCUT2D eigenvalue weighted by molar-refractivity contribution is -0.125. The number of nitrogens with one attached hydrogen (secondary N) is 2. The molecule has 1 amide bonds. The summed E-state index contributed by atoms with van der Waals surface area (Å²) < 4.78 is 0. The quantitative estimate of drug-likeness (QED) is 0.699. The lowest BCUT2D eigenvalue weighted by Gasteiger charge is -2.22. The summed E-state index contributed by atoms with van der Waals surface area (Å²) in [5.74, 6) is 0.224. The topological polar surface area (TPSA) is 44.4 Å². The summed E-state index contributed by atoms with van der Waals surface area (Å²) in [6, 6.07) is 0.134. The lowest BCUT2D eigenvalue weighted by atomic mass is 10.2. The molecule has 0 aromatic carbocycles. The molecule has 0 spiro atoms. The van der Waals surface area contributed by atoms with E-state index in [1.165, 1.54) is 0 Å². The monoisotopic (exact) mass is 299 g/mol. The van der Waals surface area contributed by atoms with Crippen molar-refractivity contribution in [3.63, 3.8) is 0 Å². The van der Waals surface area contributed by atoms with Crippen molar-refractivity contribution in [3.8, 4) is 0 Å². The van der Waals surface area contributed by atoms with Gasteiger partial charge in [-0.25, -0.2) is 0 Å². The number of carbonyl (C=O) groups excluding carboxylic acids is 1. The first kappa shape index (κ1) is 20.3. The van der Waals surface area contributed by atoms with Crippen molar-refractivity contribution in [1.82, 2.24) is 15.5 Å². The molecule has 0 aliphatic carbocycles. The van der Waals surface area contributed by atoms with E-state index in [0.717, 1.165) is 51.9 Å². The van der Waals surface area contributed by atoms with E-state index in [4.69, 9.17) is 0 Å². The molecule has 0 aromatic heterocycles. The van der Waals surface area contributed by atoms with Crippen molar-refractivity contribution >= 4 is 30.7 Å². The van der Waals surface area contributed by atoms with Gasteiger partial charge in [-0.2, -0.15) is 0 Å². The Kier molecular flexibility index (Phi) is 13.6. The minimum Gasteiger partial charge on any atom is -0.355 e. The van der Waals surface area contributed by atoms with Crippen LogP contribution in [0.25, 0.3) is 0 Å². The number of rotatable bonds is 7. The Morgan fingerprint density at radius 1 is 1.33 bits per heavy atom. The summed E-state index contributed by atoms with van der Waals surface area (Å²) in [5, 5.41) is 6.11. The van der Waals surface area contributed by atoms with Crippen LogP contribution >= 0.6 is 24.8 Å². The van der Waals surface area contributed by atoms with Gasteiger partial charge >= 0.3 is 0 Å². The van der Waals surface area contributed by atoms with Gasteiger partial charge in [-0.15, -0.1) is 24.8 Å². The van der Waals surface area contributed by atoms with Gasteiger partial charge in [0.1, 0.15) is 0 Å². The molecule has 1 rings (SSSR count). The number of hydrogen-bond donors (Lipinski definition) is 2. The van der Waals surface area contributed by atoms with Crippen LogP contribution in [0.3, 0.4) is 0 Å². The van der Waals surface area contributed by atoms with Crippen molar-refractivity contribution in [2.45, 2.75) is 38.6 Å². The highest BCUT2D eigenvalue weighted by Crippen LogP contribution is 2.17. The normalized spacial score (nSPS) is 18.9. The van der Waals surface area contributed by atoms with Crippen LogP contribution in [0.2, 0.25) is 0 Å².